The van der Waals surface area contributed by atoms with Gasteiger partial charge in [-0.1, -0.05) is 19.1 Å². The average molecular weight is 304 g/mol. The van der Waals surface area contributed by atoms with Crippen LogP contribution in [0.4, 0.5) is 0 Å². The summed E-state index contributed by atoms with van der Waals surface area (Å²) in [5.74, 6) is -0.0105. The Labute approximate surface area is 124 Å². The number of nitrogens with one attached hydrogen (secondary N) is 1. The van der Waals surface area contributed by atoms with Gasteiger partial charge in [0.05, 0.1) is 4.90 Å². The van der Waals surface area contributed by atoms with Crippen LogP contribution in [0, 0.1) is 0 Å². The number of carbonyl (C=O) groups excluding carboxylic acids is 1. The van der Waals surface area contributed by atoms with Crippen LogP contribution in [0.25, 0.3) is 0 Å². The number of pyridine rings is 1. The number of carbonyl (C=O) groups is 1. The third-order valence-electron chi connectivity index (χ3n) is 3.02. The molecule has 0 saturated heterocycles. The van der Waals surface area contributed by atoms with Crippen molar-refractivity contribution in [2.24, 2.45) is 0 Å². The molecule has 0 aliphatic carbocycles. The first kappa shape index (κ1) is 15.3. The fourth-order valence-corrected chi connectivity index (χ4v) is 2.80. The Balaban J connectivity index is 2.10. The van der Waals surface area contributed by atoms with Crippen LogP contribution >= 0.6 is 0 Å². The minimum atomic E-state index is -3.59. The smallest absolute Gasteiger partial charge is 0.240 e. The Morgan fingerprint density at radius 1 is 1.10 bits per heavy atom. The maximum absolute atomic E-state index is 12.1. The molecule has 5 nitrogen and oxygen atoms in total. The van der Waals surface area contributed by atoms with Crippen molar-refractivity contribution in [2.75, 3.05) is 0 Å². The quantitative estimate of drug-likeness (QED) is 0.830. The summed E-state index contributed by atoms with van der Waals surface area (Å²) in [6.07, 6.45) is 3.61. The summed E-state index contributed by atoms with van der Waals surface area (Å²) in [6.45, 7) is 1.96. The number of aromatic nitrogens is 1. The molecular formula is C15H16N2O3S. The lowest BCUT2D eigenvalue weighted by atomic mass is 10.1. The molecule has 0 spiro atoms. The van der Waals surface area contributed by atoms with Gasteiger partial charge in [-0.15, -0.1) is 0 Å². The highest BCUT2D eigenvalue weighted by molar-refractivity contribution is 7.89. The van der Waals surface area contributed by atoms with E-state index in [-0.39, 0.29) is 17.2 Å². The summed E-state index contributed by atoms with van der Waals surface area (Å²) in [5.41, 5.74) is 1.34. The van der Waals surface area contributed by atoms with Gasteiger partial charge in [0.15, 0.2) is 5.78 Å². The van der Waals surface area contributed by atoms with Gasteiger partial charge in [0.25, 0.3) is 0 Å². The molecule has 110 valence electrons. The normalized spacial score (nSPS) is 11.3. The second kappa shape index (κ2) is 6.60. The molecule has 1 N–H and O–H groups in total. The number of hydrogen-bond donors (Lipinski definition) is 1. The lowest BCUT2D eigenvalue weighted by molar-refractivity contribution is 0.0988. The lowest BCUT2D eigenvalue weighted by Gasteiger charge is -2.07. The highest BCUT2D eigenvalue weighted by atomic mass is 32.2. The van der Waals surface area contributed by atoms with Crippen LogP contribution in [-0.4, -0.2) is 19.2 Å². The molecule has 1 heterocycles. The topological polar surface area (TPSA) is 76.1 Å². The predicted molar refractivity (Wildman–Crippen MR) is 79.3 cm³/mol. The zero-order valence-electron chi connectivity index (χ0n) is 11.6. The van der Waals surface area contributed by atoms with E-state index in [4.69, 9.17) is 0 Å². The van der Waals surface area contributed by atoms with Gasteiger partial charge in [-0.2, -0.15) is 0 Å². The van der Waals surface area contributed by atoms with Gasteiger partial charge < -0.3 is 0 Å². The molecule has 0 bridgehead atoms. The van der Waals surface area contributed by atoms with E-state index in [1.54, 1.807) is 31.5 Å². The van der Waals surface area contributed by atoms with Gasteiger partial charge in [-0.25, -0.2) is 13.1 Å². The molecule has 0 atom stereocenters. The fourth-order valence-electron chi connectivity index (χ4n) is 1.79. The van der Waals surface area contributed by atoms with E-state index < -0.39 is 10.0 Å². The molecule has 0 aliphatic heterocycles. The Morgan fingerprint density at radius 2 is 1.71 bits per heavy atom. The first-order valence-corrected chi connectivity index (χ1v) is 8.03. The Bertz CT molecular complexity index is 710. The van der Waals surface area contributed by atoms with Crippen LogP contribution < -0.4 is 4.72 Å². The number of Topliss-reactive ketones (excluding diaryl/α,β-unsaturated/α-hetero) is 1. The van der Waals surface area contributed by atoms with Crippen LogP contribution in [0.2, 0.25) is 0 Å². The third kappa shape index (κ3) is 3.96. The van der Waals surface area contributed by atoms with Crippen LogP contribution in [0.15, 0.2) is 53.7 Å². The van der Waals surface area contributed by atoms with E-state index in [0.717, 1.165) is 5.56 Å². The van der Waals surface area contributed by atoms with E-state index in [9.17, 15) is 13.2 Å². The zero-order valence-corrected chi connectivity index (χ0v) is 12.4. The number of ketones is 1. The number of rotatable bonds is 6. The first-order chi connectivity index (χ1) is 10.0. The maximum atomic E-state index is 12.1. The van der Waals surface area contributed by atoms with Crippen LogP contribution in [0.3, 0.4) is 0 Å². The van der Waals surface area contributed by atoms with Gasteiger partial charge >= 0.3 is 0 Å². The molecule has 0 aliphatic rings. The molecular weight excluding hydrogens is 288 g/mol. The van der Waals surface area contributed by atoms with E-state index in [1.165, 1.54) is 24.3 Å². The van der Waals surface area contributed by atoms with Gasteiger partial charge in [0, 0.05) is 30.9 Å². The molecule has 0 amide bonds. The van der Waals surface area contributed by atoms with Crippen molar-refractivity contribution >= 4 is 15.8 Å². The van der Waals surface area contributed by atoms with Crippen molar-refractivity contribution < 1.29 is 13.2 Å². The molecule has 2 rings (SSSR count). The average Bonchev–Trinajstić information content (AvgIpc) is 2.53. The number of sulfonamides is 1. The fraction of sp³-hybridized carbons (Fsp3) is 0.200. The van der Waals surface area contributed by atoms with E-state index in [0.29, 0.717) is 12.0 Å². The zero-order chi connectivity index (χ0) is 15.3. The Hall–Kier alpha value is -2.05. The Kier molecular flexibility index (Phi) is 4.82. The van der Waals surface area contributed by atoms with Gasteiger partial charge in [-0.05, 0) is 29.8 Å². The van der Waals surface area contributed by atoms with Crippen molar-refractivity contribution in [3.63, 3.8) is 0 Å². The number of nitrogens with zero attached hydrogens (tertiary/aromatic N) is 1. The van der Waals surface area contributed by atoms with Crippen molar-refractivity contribution in [1.29, 1.82) is 0 Å². The molecule has 21 heavy (non-hydrogen) atoms. The van der Waals surface area contributed by atoms with E-state index in [1.807, 2.05) is 0 Å². The SMILES string of the molecule is CCC(=O)c1ccc(S(=O)(=O)NCc2ccncc2)cc1. The maximum Gasteiger partial charge on any atom is 0.240 e. The number of hydrogen-bond acceptors (Lipinski definition) is 4. The van der Waals surface area contributed by atoms with Gasteiger partial charge in [-0.3, -0.25) is 9.78 Å². The van der Waals surface area contributed by atoms with Crippen molar-refractivity contribution in [3.05, 3.63) is 59.9 Å². The summed E-state index contributed by atoms with van der Waals surface area (Å²) in [7, 11) is -3.59. The molecule has 1 aromatic carbocycles. The monoisotopic (exact) mass is 304 g/mol. The molecule has 2 aromatic rings. The molecule has 1 aromatic heterocycles. The standard InChI is InChI=1S/C15H16N2O3S/c1-2-15(18)13-3-5-14(6-4-13)21(19,20)17-11-12-7-9-16-10-8-12/h3-10,17H,2,11H2,1H3. The second-order valence-corrected chi connectivity index (χ2v) is 6.25. The Morgan fingerprint density at radius 3 is 2.29 bits per heavy atom. The molecule has 0 saturated carbocycles. The molecule has 0 radical (unpaired) electrons. The molecule has 6 heteroatoms. The molecule has 0 fully saturated rings. The largest absolute Gasteiger partial charge is 0.294 e. The highest BCUT2D eigenvalue weighted by Gasteiger charge is 2.14. The third-order valence-corrected chi connectivity index (χ3v) is 4.44. The van der Waals surface area contributed by atoms with Gasteiger partial charge in [0.1, 0.15) is 0 Å². The van der Waals surface area contributed by atoms with Crippen LogP contribution in [0.5, 0.6) is 0 Å². The van der Waals surface area contributed by atoms with Gasteiger partial charge in [0.2, 0.25) is 10.0 Å². The summed E-state index contributed by atoms with van der Waals surface area (Å²) in [4.78, 5) is 15.5. The summed E-state index contributed by atoms with van der Waals surface area (Å²) in [5, 5.41) is 0. The van der Waals surface area contributed by atoms with E-state index in [2.05, 4.69) is 9.71 Å². The summed E-state index contributed by atoms with van der Waals surface area (Å²) in [6, 6.07) is 9.44. The van der Waals surface area contributed by atoms with Crippen LogP contribution in [-0.2, 0) is 16.6 Å². The minimum absolute atomic E-state index is 0.0105. The van der Waals surface area contributed by atoms with Crippen molar-refractivity contribution in [3.8, 4) is 0 Å². The van der Waals surface area contributed by atoms with Crippen molar-refractivity contribution in [2.45, 2.75) is 24.8 Å². The first-order valence-electron chi connectivity index (χ1n) is 6.55. The highest BCUT2D eigenvalue weighted by Crippen LogP contribution is 2.12. The summed E-state index contributed by atoms with van der Waals surface area (Å²) < 4.78 is 26.8. The lowest BCUT2D eigenvalue weighted by Crippen LogP contribution is -2.23. The predicted octanol–water partition coefficient (Wildman–Crippen LogP) is 2.15. The second-order valence-electron chi connectivity index (χ2n) is 4.48. The summed E-state index contributed by atoms with van der Waals surface area (Å²) >= 11 is 0. The van der Waals surface area contributed by atoms with E-state index >= 15 is 0 Å². The molecule has 0 unspecified atom stereocenters. The minimum Gasteiger partial charge on any atom is -0.294 e. The van der Waals surface area contributed by atoms with Crippen LogP contribution in [0.1, 0.15) is 29.3 Å². The van der Waals surface area contributed by atoms with Crippen molar-refractivity contribution in [1.82, 2.24) is 9.71 Å². The number of benzene rings is 1.